The minimum absolute atomic E-state index is 0.807. The lowest BCUT2D eigenvalue weighted by Gasteiger charge is -2.20. The molecule has 1 aliphatic rings. The van der Waals surface area contributed by atoms with Gasteiger partial charge in [0.15, 0.2) is 0 Å². The van der Waals surface area contributed by atoms with Gasteiger partial charge in [-0.1, -0.05) is 20.3 Å². The third-order valence-electron chi connectivity index (χ3n) is 3.68. The Kier molecular flexibility index (Phi) is 5.95. The van der Waals surface area contributed by atoms with E-state index in [1.807, 2.05) is 11.8 Å². The number of hydrogen-bond acceptors (Lipinski definition) is 2. The van der Waals surface area contributed by atoms with Gasteiger partial charge in [0.2, 0.25) is 0 Å². The molecular formula is C12H25NS. The normalized spacial score (nSPS) is 32.4. The molecule has 1 aliphatic carbocycles. The van der Waals surface area contributed by atoms with Crippen LogP contribution in [0.1, 0.15) is 39.5 Å². The van der Waals surface area contributed by atoms with Crippen molar-refractivity contribution in [3.05, 3.63) is 0 Å². The first kappa shape index (κ1) is 12.4. The lowest BCUT2D eigenvalue weighted by Crippen LogP contribution is -2.33. The van der Waals surface area contributed by atoms with E-state index in [1.165, 1.54) is 38.0 Å². The Labute approximate surface area is 93.4 Å². The standard InChI is InChI=1S/C12H25NS/c1-4-11-6-7-12(10(11)2)13-8-5-9-14-3/h10-13H,4-9H2,1-3H3. The monoisotopic (exact) mass is 215 g/mol. The van der Waals surface area contributed by atoms with Gasteiger partial charge >= 0.3 is 0 Å². The summed E-state index contributed by atoms with van der Waals surface area (Å²) in [5.74, 6) is 3.17. The summed E-state index contributed by atoms with van der Waals surface area (Å²) < 4.78 is 0. The Morgan fingerprint density at radius 1 is 1.36 bits per heavy atom. The first-order chi connectivity index (χ1) is 6.79. The molecule has 1 nitrogen and oxygen atoms in total. The molecule has 3 unspecified atom stereocenters. The van der Waals surface area contributed by atoms with Gasteiger partial charge in [-0.2, -0.15) is 11.8 Å². The Morgan fingerprint density at radius 3 is 2.71 bits per heavy atom. The van der Waals surface area contributed by atoms with Crippen LogP contribution in [0.15, 0.2) is 0 Å². The zero-order valence-electron chi connectivity index (χ0n) is 9.88. The lowest BCUT2D eigenvalue weighted by molar-refractivity contribution is 0.346. The van der Waals surface area contributed by atoms with Crippen LogP contribution < -0.4 is 5.32 Å². The van der Waals surface area contributed by atoms with Crippen molar-refractivity contribution in [3.8, 4) is 0 Å². The third-order valence-corrected chi connectivity index (χ3v) is 4.38. The quantitative estimate of drug-likeness (QED) is 0.683. The Morgan fingerprint density at radius 2 is 2.14 bits per heavy atom. The maximum atomic E-state index is 3.72. The van der Waals surface area contributed by atoms with Crippen molar-refractivity contribution in [2.75, 3.05) is 18.6 Å². The van der Waals surface area contributed by atoms with Gasteiger partial charge in [0, 0.05) is 6.04 Å². The van der Waals surface area contributed by atoms with Crippen LogP contribution in [0.2, 0.25) is 0 Å². The highest BCUT2D eigenvalue weighted by molar-refractivity contribution is 7.98. The van der Waals surface area contributed by atoms with Crippen LogP contribution in [-0.4, -0.2) is 24.6 Å². The highest BCUT2D eigenvalue weighted by Crippen LogP contribution is 2.33. The molecule has 1 saturated carbocycles. The number of hydrogen-bond donors (Lipinski definition) is 1. The molecule has 0 bridgehead atoms. The van der Waals surface area contributed by atoms with E-state index in [9.17, 15) is 0 Å². The van der Waals surface area contributed by atoms with Crippen molar-refractivity contribution in [1.82, 2.24) is 5.32 Å². The fourth-order valence-corrected chi connectivity index (χ4v) is 3.05. The number of thioether (sulfide) groups is 1. The van der Waals surface area contributed by atoms with Gasteiger partial charge in [0.05, 0.1) is 0 Å². The Balaban J connectivity index is 2.13. The third kappa shape index (κ3) is 3.47. The van der Waals surface area contributed by atoms with E-state index in [2.05, 4.69) is 25.4 Å². The summed E-state index contributed by atoms with van der Waals surface area (Å²) in [6.07, 6.45) is 7.72. The lowest BCUT2D eigenvalue weighted by atomic mass is 9.93. The summed E-state index contributed by atoms with van der Waals surface area (Å²) in [6.45, 7) is 5.97. The second kappa shape index (κ2) is 6.73. The molecule has 14 heavy (non-hydrogen) atoms. The van der Waals surface area contributed by atoms with E-state index < -0.39 is 0 Å². The second-order valence-corrected chi connectivity index (χ2v) is 5.50. The Bertz CT molecular complexity index is 149. The summed E-state index contributed by atoms with van der Waals surface area (Å²) in [5.41, 5.74) is 0. The zero-order chi connectivity index (χ0) is 10.4. The summed E-state index contributed by atoms with van der Waals surface area (Å²) in [5, 5.41) is 3.72. The molecule has 0 aliphatic heterocycles. The van der Waals surface area contributed by atoms with Gasteiger partial charge in [-0.05, 0) is 49.7 Å². The zero-order valence-corrected chi connectivity index (χ0v) is 10.7. The van der Waals surface area contributed by atoms with Gasteiger partial charge < -0.3 is 5.32 Å². The van der Waals surface area contributed by atoms with Crippen LogP contribution in [-0.2, 0) is 0 Å². The highest BCUT2D eigenvalue weighted by atomic mass is 32.2. The van der Waals surface area contributed by atoms with Gasteiger partial charge in [-0.15, -0.1) is 0 Å². The number of nitrogens with one attached hydrogen (secondary N) is 1. The van der Waals surface area contributed by atoms with E-state index in [0.29, 0.717) is 0 Å². The van der Waals surface area contributed by atoms with Gasteiger partial charge in [-0.3, -0.25) is 0 Å². The summed E-state index contributed by atoms with van der Waals surface area (Å²) in [4.78, 5) is 0. The average molecular weight is 215 g/mol. The fourth-order valence-electron chi connectivity index (χ4n) is 2.62. The largest absolute Gasteiger partial charge is 0.314 e. The smallest absolute Gasteiger partial charge is 0.00954 e. The molecule has 1 fully saturated rings. The van der Waals surface area contributed by atoms with Crippen LogP contribution >= 0.6 is 11.8 Å². The topological polar surface area (TPSA) is 12.0 Å². The maximum Gasteiger partial charge on any atom is 0.00954 e. The summed E-state index contributed by atoms with van der Waals surface area (Å²) >= 11 is 1.95. The van der Waals surface area contributed by atoms with Crippen LogP contribution in [0.25, 0.3) is 0 Å². The van der Waals surface area contributed by atoms with E-state index in [1.54, 1.807) is 0 Å². The summed E-state index contributed by atoms with van der Waals surface area (Å²) in [7, 11) is 0. The molecular weight excluding hydrogens is 190 g/mol. The van der Waals surface area contributed by atoms with Gasteiger partial charge in [-0.25, -0.2) is 0 Å². The molecule has 2 heteroatoms. The fraction of sp³-hybridized carbons (Fsp3) is 1.00. The first-order valence-corrected chi connectivity index (χ1v) is 7.41. The molecule has 0 radical (unpaired) electrons. The van der Waals surface area contributed by atoms with E-state index in [0.717, 1.165) is 17.9 Å². The van der Waals surface area contributed by atoms with Crippen molar-refractivity contribution in [3.63, 3.8) is 0 Å². The average Bonchev–Trinajstić information content (AvgIpc) is 2.55. The van der Waals surface area contributed by atoms with Crippen molar-refractivity contribution in [1.29, 1.82) is 0 Å². The maximum absolute atomic E-state index is 3.72. The van der Waals surface area contributed by atoms with Crippen LogP contribution in [0.4, 0.5) is 0 Å². The minimum Gasteiger partial charge on any atom is -0.314 e. The Hall–Kier alpha value is 0.310. The van der Waals surface area contributed by atoms with Gasteiger partial charge in [0.25, 0.3) is 0 Å². The van der Waals surface area contributed by atoms with Crippen molar-refractivity contribution < 1.29 is 0 Å². The number of rotatable bonds is 6. The van der Waals surface area contributed by atoms with E-state index >= 15 is 0 Å². The molecule has 0 heterocycles. The SMILES string of the molecule is CCC1CCC(NCCCSC)C1C. The van der Waals surface area contributed by atoms with Crippen molar-refractivity contribution in [2.45, 2.75) is 45.6 Å². The molecule has 0 saturated heterocycles. The molecule has 3 atom stereocenters. The van der Waals surface area contributed by atoms with Crippen molar-refractivity contribution >= 4 is 11.8 Å². The predicted octanol–water partition coefficient (Wildman–Crippen LogP) is 3.15. The minimum atomic E-state index is 0.807. The molecule has 0 aromatic heterocycles. The molecule has 0 aromatic carbocycles. The molecule has 1 N–H and O–H groups in total. The summed E-state index contributed by atoms with van der Waals surface area (Å²) in [6, 6.07) is 0.807. The van der Waals surface area contributed by atoms with E-state index in [4.69, 9.17) is 0 Å². The van der Waals surface area contributed by atoms with Gasteiger partial charge in [0.1, 0.15) is 0 Å². The van der Waals surface area contributed by atoms with Crippen LogP contribution in [0, 0.1) is 11.8 Å². The first-order valence-electron chi connectivity index (χ1n) is 6.02. The predicted molar refractivity (Wildman–Crippen MR) is 67.0 cm³/mol. The molecule has 1 rings (SSSR count). The molecule has 84 valence electrons. The van der Waals surface area contributed by atoms with Crippen molar-refractivity contribution in [2.24, 2.45) is 11.8 Å². The molecule has 0 amide bonds. The highest BCUT2D eigenvalue weighted by Gasteiger charge is 2.30. The van der Waals surface area contributed by atoms with Crippen LogP contribution in [0.3, 0.4) is 0 Å². The van der Waals surface area contributed by atoms with E-state index in [-0.39, 0.29) is 0 Å². The van der Waals surface area contributed by atoms with Crippen LogP contribution in [0.5, 0.6) is 0 Å². The second-order valence-electron chi connectivity index (χ2n) is 4.51. The molecule has 0 aromatic rings. The molecule has 0 spiro atoms.